The highest BCUT2D eigenvalue weighted by atomic mass is 19.4. The van der Waals surface area contributed by atoms with E-state index >= 15 is 0 Å². The van der Waals surface area contributed by atoms with Gasteiger partial charge in [0.2, 0.25) is 0 Å². The molecule has 0 atom stereocenters. The molecular weight excluding hydrogens is 407 g/mol. The summed E-state index contributed by atoms with van der Waals surface area (Å²) in [5.41, 5.74) is 1.06. The number of amides is 2. The van der Waals surface area contributed by atoms with Gasteiger partial charge in [-0.3, -0.25) is 9.59 Å². The van der Waals surface area contributed by atoms with Gasteiger partial charge in [0, 0.05) is 42.3 Å². The van der Waals surface area contributed by atoms with Crippen LogP contribution < -0.4 is 15.5 Å². The van der Waals surface area contributed by atoms with Crippen LogP contribution in [-0.4, -0.2) is 25.9 Å². The van der Waals surface area contributed by atoms with E-state index in [-0.39, 0.29) is 17.2 Å². The minimum absolute atomic E-state index is 0.0229. The van der Waals surface area contributed by atoms with Crippen molar-refractivity contribution in [2.75, 3.05) is 29.6 Å². The number of hydrogen-bond acceptors (Lipinski definition) is 3. The van der Waals surface area contributed by atoms with Crippen LogP contribution in [0.2, 0.25) is 0 Å². The van der Waals surface area contributed by atoms with Gasteiger partial charge in [0.15, 0.2) is 0 Å². The number of hydrogen-bond donors (Lipinski definition) is 2. The van der Waals surface area contributed by atoms with Crippen LogP contribution in [0.15, 0.2) is 72.8 Å². The maximum absolute atomic E-state index is 12.9. The number of rotatable bonds is 5. The van der Waals surface area contributed by atoms with Crippen LogP contribution in [0.4, 0.5) is 30.2 Å². The summed E-state index contributed by atoms with van der Waals surface area (Å²) in [5, 5.41) is 5.17. The van der Waals surface area contributed by atoms with Crippen molar-refractivity contribution in [3.8, 4) is 0 Å². The molecule has 0 unspecified atom stereocenters. The standard InChI is InChI=1S/C23H20F3N3O2/c1-29(2)20-11-4-7-16(13-20)22(31)27-18-9-3-6-15(12-18)21(30)28-19-10-5-8-17(14-19)23(24,25)26/h3-14H,1-2H3,(H,27,31)(H,28,30). The zero-order valence-electron chi connectivity index (χ0n) is 16.8. The van der Waals surface area contributed by atoms with Crippen molar-refractivity contribution in [1.29, 1.82) is 0 Å². The number of anilines is 3. The summed E-state index contributed by atoms with van der Waals surface area (Å²) in [6, 6.07) is 17.6. The van der Waals surface area contributed by atoms with Crippen LogP contribution >= 0.6 is 0 Å². The predicted molar refractivity (Wildman–Crippen MR) is 115 cm³/mol. The van der Waals surface area contributed by atoms with E-state index in [1.807, 2.05) is 25.1 Å². The lowest BCUT2D eigenvalue weighted by Crippen LogP contribution is -2.16. The molecule has 0 fully saturated rings. The van der Waals surface area contributed by atoms with E-state index in [1.165, 1.54) is 24.3 Å². The van der Waals surface area contributed by atoms with Gasteiger partial charge in [0.1, 0.15) is 0 Å². The summed E-state index contributed by atoms with van der Waals surface area (Å²) in [4.78, 5) is 26.9. The fourth-order valence-corrected chi connectivity index (χ4v) is 2.84. The van der Waals surface area contributed by atoms with Crippen molar-refractivity contribution >= 4 is 28.9 Å². The zero-order valence-corrected chi connectivity index (χ0v) is 16.8. The average molecular weight is 427 g/mol. The van der Waals surface area contributed by atoms with Crippen molar-refractivity contribution in [2.45, 2.75) is 6.18 Å². The molecule has 2 amide bonds. The summed E-state index contributed by atoms with van der Waals surface area (Å²) in [6.07, 6.45) is -4.51. The van der Waals surface area contributed by atoms with Crippen molar-refractivity contribution in [1.82, 2.24) is 0 Å². The number of carbonyl (C=O) groups is 2. The summed E-state index contributed by atoms with van der Waals surface area (Å²) in [5.74, 6) is -0.941. The van der Waals surface area contributed by atoms with Gasteiger partial charge in [-0.15, -0.1) is 0 Å². The Morgan fingerprint density at radius 3 is 1.84 bits per heavy atom. The molecule has 5 nitrogen and oxygen atoms in total. The van der Waals surface area contributed by atoms with Crippen LogP contribution in [0.25, 0.3) is 0 Å². The van der Waals surface area contributed by atoms with E-state index in [0.717, 1.165) is 17.8 Å². The van der Waals surface area contributed by atoms with Crippen LogP contribution in [0.5, 0.6) is 0 Å². The van der Waals surface area contributed by atoms with Gasteiger partial charge in [-0.2, -0.15) is 13.2 Å². The Balaban J connectivity index is 1.73. The normalized spacial score (nSPS) is 11.0. The Bertz CT molecular complexity index is 1110. The largest absolute Gasteiger partial charge is 0.416 e. The van der Waals surface area contributed by atoms with Crippen molar-refractivity contribution in [2.24, 2.45) is 0 Å². The van der Waals surface area contributed by atoms with E-state index in [4.69, 9.17) is 0 Å². The maximum Gasteiger partial charge on any atom is 0.416 e. The molecular formula is C23H20F3N3O2. The predicted octanol–water partition coefficient (Wildman–Crippen LogP) is 5.28. The molecule has 0 aliphatic heterocycles. The second kappa shape index (κ2) is 8.91. The molecule has 2 N–H and O–H groups in total. The topological polar surface area (TPSA) is 61.4 Å². The van der Waals surface area contributed by atoms with E-state index in [0.29, 0.717) is 11.3 Å². The smallest absolute Gasteiger partial charge is 0.378 e. The molecule has 0 heterocycles. The molecule has 0 aromatic heterocycles. The van der Waals surface area contributed by atoms with E-state index in [2.05, 4.69) is 10.6 Å². The number of benzene rings is 3. The molecule has 0 saturated carbocycles. The quantitative estimate of drug-likeness (QED) is 0.583. The Labute approximate surface area is 177 Å². The Hall–Kier alpha value is -3.81. The van der Waals surface area contributed by atoms with Crippen LogP contribution in [0.1, 0.15) is 26.3 Å². The minimum Gasteiger partial charge on any atom is -0.378 e. The van der Waals surface area contributed by atoms with E-state index in [1.54, 1.807) is 30.3 Å². The van der Waals surface area contributed by atoms with Gasteiger partial charge in [-0.05, 0) is 54.6 Å². The van der Waals surface area contributed by atoms with Crippen molar-refractivity contribution in [3.05, 3.63) is 89.5 Å². The molecule has 0 radical (unpaired) electrons. The average Bonchev–Trinajstić information content (AvgIpc) is 2.73. The molecule has 0 saturated heterocycles. The first kappa shape index (κ1) is 21.9. The fourth-order valence-electron chi connectivity index (χ4n) is 2.84. The van der Waals surface area contributed by atoms with Gasteiger partial charge < -0.3 is 15.5 Å². The third-order valence-electron chi connectivity index (χ3n) is 4.46. The molecule has 31 heavy (non-hydrogen) atoms. The summed E-state index contributed by atoms with van der Waals surface area (Å²) >= 11 is 0. The lowest BCUT2D eigenvalue weighted by Gasteiger charge is -2.14. The van der Waals surface area contributed by atoms with E-state index in [9.17, 15) is 22.8 Å². The van der Waals surface area contributed by atoms with Gasteiger partial charge in [0.25, 0.3) is 11.8 Å². The fraction of sp³-hybridized carbons (Fsp3) is 0.130. The Kier molecular flexibility index (Phi) is 6.29. The third-order valence-corrected chi connectivity index (χ3v) is 4.46. The molecule has 0 aliphatic rings. The Morgan fingerprint density at radius 2 is 1.26 bits per heavy atom. The molecule has 0 bridgehead atoms. The minimum atomic E-state index is -4.51. The first-order chi connectivity index (χ1) is 14.6. The maximum atomic E-state index is 12.9. The van der Waals surface area contributed by atoms with Gasteiger partial charge in [-0.25, -0.2) is 0 Å². The molecule has 8 heteroatoms. The highest BCUT2D eigenvalue weighted by molar-refractivity contribution is 6.07. The second-order valence-corrected chi connectivity index (χ2v) is 7.01. The monoisotopic (exact) mass is 427 g/mol. The highest BCUT2D eigenvalue weighted by Crippen LogP contribution is 2.30. The van der Waals surface area contributed by atoms with Crippen LogP contribution in [0, 0.1) is 0 Å². The molecule has 160 valence electrons. The summed E-state index contributed by atoms with van der Waals surface area (Å²) in [6.45, 7) is 0. The number of halogens is 3. The SMILES string of the molecule is CN(C)c1cccc(C(=O)Nc2cccc(C(=O)Nc3cccc(C(F)(F)F)c3)c2)c1. The molecule has 3 rings (SSSR count). The van der Waals surface area contributed by atoms with Gasteiger partial charge in [-0.1, -0.05) is 18.2 Å². The number of nitrogens with one attached hydrogen (secondary N) is 2. The lowest BCUT2D eigenvalue weighted by molar-refractivity contribution is -0.137. The van der Waals surface area contributed by atoms with Crippen LogP contribution in [-0.2, 0) is 6.18 Å². The zero-order chi connectivity index (χ0) is 22.6. The first-order valence-corrected chi connectivity index (χ1v) is 9.31. The summed E-state index contributed by atoms with van der Waals surface area (Å²) in [7, 11) is 3.73. The number of nitrogens with zero attached hydrogens (tertiary/aromatic N) is 1. The first-order valence-electron chi connectivity index (χ1n) is 9.31. The molecule has 3 aromatic rings. The van der Waals surface area contributed by atoms with Crippen molar-refractivity contribution in [3.63, 3.8) is 0 Å². The summed E-state index contributed by atoms with van der Waals surface area (Å²) < 4.78 is 38.6. The number of alkyl halides is 3. The van der Waals surface area contributed by atoms with Crippen LogP contribution in [0.3, 0.4) is 0 Å². The second-order valence-electron chi connectivity index (χ2n) is 7.01. The Morgan fingerprint density at radius 1 is 0.742 bits per heavy atom. The molecule has 3 aromatic carbocycles. The lowest BCUT2D eigenvalue weighted by atomic mass is 10.1. The third kappa shape index (κ3) is 5.63. The highest BCUT2D eigenvalue weighted by Gasteiger charge is 2.30. The van der Waals surface area contributed by atoms with Gasteiger partial charge in [0.05, 0.1) is 5.56 Å². The molecule has 0 spiro atoms. The van der Waals surface area contributed by atoms with Crippen molar-refractivity contribution < 1.29 is 22.8 Å². The van der Waals surface area contributed by atoms with E-state index < -0.39 is 17.6 Å². The van der Waals surface area contributed by atoms with Gasteiger partial charge >= 0.3 is 6.18 Å². The number of carbonyl (C=O) groups excluding carboxylic acids is 2. The molecule has 0 aliphatic carbocycles.